The van der Waals surface area contributed by atoms with Crippen LogP contribution in [-0.4, -0.2) is 32.3 Å². The SMILES string of the molecule is NCC(NCCC1CC1)C1CCOC1. The minimum Gasteiger partial charge on any atom is -0.381 e. The molecule has 0 aromatic heterocycles. The zero-order valence-corrected chi connectivity index (χ0v) is 8.87. The van der Waals surface area contributed by atoms with E-state index in [4.69, 9.17) is 10.5 Å². The lowest BCUT2D eigenvalue weighted by Gasteiger charge is -2.22. The van der Waals surface area contributed by atoms with Gasteiger partial charge in [-0.2, -0.15) is 0 Å². The predicted octanol–water partition coefficient (Wildman–Crippen LogP) is 0.740. The quantitative estimate of drug-likeness (QED) is 0.662. The van der Waals surface area contributed by atoms with Gasteiger partial charge in [0.25, 0.3) is 0 Å². The van der Waals surface area contributed by atoms with Crippen LogP contribution in [-0.2, 0) is 4.74 Å². The molecule has 2 fully saturated rings. The van der Waals surface area contributed by atoms with E-state index in [0.717, 1.165) is 32.2 Å². The molecule has 1 heterocycles. The molecule has 2 rings (SSSR count). The maximum atomic E-state index is 5.77. The summed E-state index contributed by atoms with van der Waals surface area (Å²) in [4.78, 5) is 0. The van der Waals surface area contributed by atoms with Gasteiger partial charge in [0.05, 0.1) is 6.61 Å². The first kappa shape index (κ1) is 10.4. The number of ether oxygens (including phenoxy) is 1. The zero-order valence-electron chi connectivity index (χ0n) is 8.87. The van der Waals surface area contributed by atoms with Gasteiger partial charge in [-0.25, -0.2) is 0 Å². The molecule has 3 heteroatoms. The van der Waals surface area contributed by atoms with Gasteiger partial charge in [0, 0.05) is 25.1 Å². The molecule has 0 bridgehead atoms. The summed E-state index contributed by atoms with van der Waals surface area (Å²) < 4.78 is 5.38. The van der Waals surface area contributed by atoms with Gasteiger partial charge in [-0.3, -0.25) is 0 Å². The van der Waals surface area contributed by atoms with E-state index in [1.807, 2.05) is 0 Å². The number of nitrogens with one attached hydrogen (secondary N) is 1. The lowest BCUT2D eigenvalue weighted by atomic mass is 9.99. The molecule has 3 nitrogen and oxygen atoms in total. The monoisotopic (exact) mass is 198 g/mol. The Morgan fingerprint density at radius 2 is 2.21 bits per heavy atom. The third-order valence-electron chi connectivity index (χ3n) is 3.44. The molecular formula is C11H22N2O. The van der Waals surface area contributed by atoms with E-state index in [1.54, 1.807) is 0 Å². The van der Waals surface area contributed by atoms with Crippen molar-refractivity contribution in [2.45, 2.75) is 31.7 Å². The van der Waals surface area contributed by atoms with Crippen molar-refractivity contribution in [3.63, 3.8) is 0 Å². The molecule has 2 atom stereocenters. The third kappa shape index (κ3) is 2.94. The highest BCUT2D eigenvalue weighted by Crippen LogP contribution is 2.31. The van der Waals surface area contributed by atoms with Crippen LogP contribution in [0.3, 0.4) is 0 Å². The molecule has 0 amide bonds. The summed E-state index contributed by atoms with van der Waals surface area (Å²) >= 11 is 0. The Hall–Kier alpha value is -0.120. The van der Waals surface area contributed by atoms with E-state index >= 15 is 0 Å². The Morgan fingerprint density at radius 1 is 1.36 bits per heavy atom. The van der Waals surface area contributed by atoms with Crippen LogP contribution in [0.25, 0.3) is 0 Å². The highest BCUT2D eigenvalue weighted by Gasteiger charge is 2.25. The second-order valence-electron chi connectivity index (χ2n) is 4.65. The molecule has 3 N–H and O–H groups in total. The number of nitrogens with two attached hydrogens (primary N) is 1. The van der Waals surface area contributed by atoms with Crippen molar-refractivity contribution in [3.05, 3.63) is 0 Å². The van der Waals surface area contributed by atoms with Crippen LogP contribution >= 0.6 is 0 Å². The summed E-state index contributed by atoms with van der Waals surface area (Å²) in [6.07, 6.45) is 5.41. The average molecular weight is 198 g/mol. The third-order valence-corrected chi connectivity index (χ3v) is 3.44. The second kappa shape index (κ2) is 5.10. The average Bonchev–Trinajstić information content (AvgIpc) is 2.86. The maximum Gasteiger partial charge on any atom is 0.0510 e. The normalized spacial score (nSPS) is 29.4. The summed E-state index contributed by atoms with van der Waals surface area (Å²) in [5.41, 5.74) is 5.77. The molecule has 0 aromatic rings. The van der Waals surface area contributed by atoms with E-state index in [9.17, 15) is 0 Å². The van der Waals surface area contributed by atoms with Crippen molar-refractivity contribution in [3.8, 4) is 0 Å². The maximum absolute atomic E-state index is 5.77. The van der Waals surface area contributed by atoms with E-state index in [-0.39, 0.29) is 0 Å². The smallest absolute Gasteiger partial charge is 0.0510 e. The lowest BCUT2D eigenvalue weighted by Crippen LogP contribution is -2.43. The minimum absolute atomic E-state index is 0.483. The molecule has 0 spiro atoms. The van der Waals surface area contributed by atoms with Crippen LogP contribution in [0.15, 0.2) is 0 Å². The molecule has 1 aliphatic heterocycles. The molecule has 2 aliphatic rings. The highest BCUT2D eigenvalue weighted by molar-refractivity contribution is 4.81. The first-order chi connectivity index (χ1) is 6.90. The Bertz CT molecular complexity index is 165. The summed E-state index contributed by atoms with van der Waals surface area (Å²) in [6.45, 7) is 3.71. The first-order valence-corrected chi connectivity index (χ1v) is 5.91. The Balaban J connectivity index is 1.63. The summed E-state index contributed by atoms with van der Waals surface area (Å²) in [5.74, 6) is 1.67. The summed E-state index contributed by atoms with van der Waals surface area (Å²) in [6, 6.07) is 0.483. The Kier molecular flexibility index (Phi) is 3.79. The van der Waals surface area contributed by atoms with E-state index in [0.29, 0.717) is 12.0 Å². The van der Waals surface area contributed by atoms with E-state index < -0.39 is 0 Å². The van der Waals surface area contributed by atoms with Gasteiger partial charge in [-0.05, 0) is 25.3 Å². The van der Waals surface area contributed by atoms with Crippen molar-refractivity contribution < 1.29 is 4.74 Å². The molecule has 1 saturated carbocycles. The molecule has 82 valence electrons. The Labute approximate surface area is 86.4 Å². The van der Waals surface area contributed by atoms with Crippen molar-refractivity contribution in [1.29, 1.82) is 0 Å². The zero-order chi connectivity index (χ0) is 9.80. The van der Waals surface area contributed by atoms with Crippen molar-refractivity contribution in [2.75, 3.05) is 26.3 Å². The number of hydrogen-bond acceptors (Lipinski definition) is 3. The van der Waals surface area contributed by atoms with Gasteiger partial charge < -0.3 is 15.8 Å². The van der Waals surface area contributed by atoms with Crippen LogP contribution in [0.4, 0.5) is 0 Å². The topological polar surface area (TPSA) is 47.3 Å². The van der Waals surface area contributed by atoms with Gasteiger partial charge in [-0.15, -0.1) is 0 Å². The van der Waals surface area contributed by atoms with E-state index in [1.165, 1.54) is 25.7 Å². The predicted molar refractivity (Wildman–Crippen MR) is 57.1 cm³/mol. The molecule has 2 unspecified atom stereocenters. The molecule has 1 saturated heterocycles. The van der Waals surface area contributed by atoms with Crippen LogP contribution in [0.2, 0.25) is 0 Å². The fraction of sp³-hybridized carbons (Fsp3) is 1.00. The van der Waals surface area contributed by atoms with Crippen LogP contribution in [0.5, 0.6) is 0 Å². The van der Waals surface area contributed by atoms with Gasteiger partial charge in [0.1, 0.15) is 0 Å². The molecule has 1 aliphatic carbocycles. The number of hydrogen-bond donors (Lipinski definition) is 2. The lowest BCUT2D eigenvalue weighted by molar-refractivity contribution is 0.177. The van der Waals surface area contributed by atoms with Crippen LogP contribution in [0.1, 0.15) is 25.7 Å². The van der Waals surface area contributed by atoms with Gasteiger partial charge in [0.15, 0.2) is 0 Å². The van der Waals surface area contributed by atoms with Crippen molar-refractivity contribution in [2.24, 2.45) is 17.6 Å². The van der Waals surface area contributed by atoms with Crippen molar-refractivity contribution in [1.82, 2.24) is 5.32 Å². The summed E-state index contributed by atoms with van der Waals surface area (Å²) in [5, 5.41) is 3.58. The fourth-order valence-corrected chi connectivity index (χ4v) is 2.19. The minimum atomic E-state index is 0.483. The molecule has 0 radical (unpaired) electrons. The second-order valence-corrected chi connectivity index (χ2v) is 4.65. The van der Waals surface area contributed by atoms with E-state index in [2.05, 4.69) is 5.32 Å². The Morgan fingerprint density at radius 3 is 2.79 bits per heavy atom. The van der Waals surface area contributed by atoms with Crippen LogP contribution in [0, 0.1) is 11.8 Å². The molecule has 0 aromatic carbocycles. The van der Waals surface area contributed by atoms with Crippen molar-refractivity contribution >= 4 is 0 Å². The van der Waals surface area contributed by atoms with Gasteiger partial charge >= 0.3 is 0 Å². The molecule has 14 heavy (non-hydrogen) atoms. The first-order valence-electron chi connectivity index (χ1n) is 5.91. The highest BCUT2D eigenvalue weighted by atomic mass is 16.5. The summed E-state index contributed by atoms with van der Waals surface area (Å²) in [7, 11) is 0. The fourth-order valence-electron chi connectivity index (χ4n) is 2.19. The van der Waals surface area contributed by atoms with Gasteiger partial charge in [-0.1, -0.05) is 12.8 Å². The van der Waals surface area contributed by atoms with Gasteiger partial charge in [0.2, 0.25) is 0 Å². The molecular weight excluding hydrogens is 176 g/mol. The largest absolute Gasteiger partial charge is 0.381 e. The standard InChI is InChI=1S/C11H22N2O/c12-7-11(10-4-6-14-8-10)13-5-3-9-1-2-9/h9-11,13H,1-8,12H2. The number of rotatable bonds is 6. The van der Waals surface area contributed by atoms with Crippen LogP contribution < -0.4 is 11.1 Å².